The van der Waals surface area contributed by atoms with Gasteiger partial charge in [0.1, 0.15) is 0 Å². The summed E-state index contributed by atoms with van der Waals surface area (Å²) in [6, 6.07) is 0. The van der Waals surface area contributed by atoms with Crippen molar-refractivity contribution in [2.75, 3.05) is 19.8 Å². The number of alkyl halides is 13. The highest BCUT2D eigenvalue weighted by Gasteiger charge is 2.90. The van der Waals surface area contributed by atoms with Crippen LogP contribution >= 0.6 is 0 Å². The van der Waals surface area contributed by atoms with E-state index in [1.165, 1.54) is 0 Å². The van der Waals surface area contributed by atoms with Crippen LogP contribution in [0.3, 0.4) is 0 Å². The lowest BCUT2D eigenvalue weighted by Crippen LogP contribution is -2.70. The fraction of sp³-hybridized carbons (Fsp3) is 0.917. The predicted molar refractivity (Wildman–Crippen MR) is 63.8 cm³/mol. The summed E-state index contributed by atoms with van der Waals surface area (Å²) in [5.74, 6) is -36.9. The predicted octanol–water partition coefficient (Wildman–Crippen LogP) is 4.86. The SMILES string of the molecule is O=C=NCCCOCCC(F)(F)C(F)(F)C(F)(F)C(F)(F)C(F)(F)C(F)(F)F. The molecule has 0 heterocycles. The van der Waals surface area contributed by atoms with E-state index in [1.54, 1.807) is 0 Å². The summed E-state index contributed by atoms with van der Waals surface area (Å²) >= 11 is 0. The topological polar surface area (TPSA) is 38.7 Å². The van der Waals surface area contributed by atoms with Crippen LogP contribution in [0.15, 0.2) is 4.99 Å². The lowest BCUT2D eigenvalue weighted by Gasteiger charge is -2.39. The molecule has 0 aromatic carbocycles. The van der Waals surface area contributed by atoms with Crippen LogP contribution in [0, 0.1) is 0 Å². The first kappa shape index (κ1) is 26.4. The third-order valence-corrected chi connectivity index (χ3v) is 3.18. The minimum Gasteiger partial charge on any atom is -0.381 e. The average Bonchev–Trinajstić information content (AvgIpc) is 2.52. The van der Waals surface area contributed by atoms with E-state index in [4.69, 9.17) is 0 Å². The van der Waals surface area contributed by atoms with E-state index in [0.29, 0.717) is 0 Å². The zero-order chi connectivity index (χ0) is 22.7. The first-order valence-corrected chi connectivity index (χ1v) is 6.88. The number of nitrogens with zero attached hydrogens (tertiary/aromatic N) is 1. The van der Waals surface area contributed by atoms with Gasteiger partial charge in [-0.3, -0.25) is 0 Å². The summed E-state index contributed by atoms with van der Waals surface area (Å²) in [5.41, 5.74) is 0. The number of isocyanates is 1. The first-order chi connectivity index (χ1) is 12.3. The van der Waals surface area contributed by atoms with Crippen LogP contribution in [-0.4, -0.2) is 61.6 Å². The molecule has 0 aliphatic rings. The summed E-state index contributed by atoms with van der Waals surface area (Å²) < 4.78 is 170. The van der Waals surface area contributed by atoms with Crippen molar-refractivity contribution in [1.29, 1.82) is 0 Å². The van der Waals surface area contributed by atoms with Crippen molar-refractivity contribution >= 4 is 6.08 Å². The highest BCUT2D eigenvalue weighted by molar-refractivity contribution is 5.32. The number of hydrogen-bond acceptors (Lipinski definition) is 3. The highest BCUT2D eigenvalue weighted by Crippen LogP contribution is 2.60. The van der Waals surface area contributed by atoms with Crippen LogP contribution in [0.2, 0.25) is 0 Å². The van der Waals surface area contributed by atoms with Gasteiger partial charge >= 0.3 is 35.8 Å². The number of halogens is 13. The minimum atomic E-state index is -7.90. The van der Waals surface area contributed by atoms with Gasteiger partial charge in [0.2, 0.25) is 6.08 Å². The molecule has 0 aromatic rings. The Bertz CT molecular complexity index is 566. The van der Waals surface area contributed by atoms with Gasteiger partial charge in [-0.05, 0) is 6.42 Å². The molecular formula is C12H10F13NO2. The molecule has 0 aromatic heterocycles. The second kappa shape index (κ2) is 8.43. The molecule has 0 rings (SSSR count). The van der Waals surface area contributed by atoms with Crippen LogP contribution in [0.1, 0.15) is 12.8 Å². The van der Waals surface area contributed by atoms with Gasteiger partial charge in [0.25, 0.3) is 0 Å². The highest BCUT2D eigenvalue weighted by atomic mass is 19.4. The second-order valence-electron chi connectivity index (χ2n) is 5.19. The molecule has 28 heavy (non-hydrogen) atoms. The summed E-state index contributed by atoms with van der Waals surface area (Å²) in [4.78, 5) is 12.6. The van der Waals surface area contributed by atoms with E-state index >= 15 is 0 Å². The van der Waals surface area contributed by atoms with E-state index in [9.17, 15) is 61.9 Å². The van der Waals surface area contributed by atoms with E-state index in [1.807, 2.05) is 0 Å². The minimum absolute atomic E-state index is 0.150. The van der Waals surface area contributed by atoms with Gasteiger partial charge in [0, 0.05) is 13.0 Å². The zero-order valence-electron chi connectivity index (χ0n) is 13.2. The van der Waals surface area contributed by atoms with Crippen molar-refractivity contribution < 1.29 is 66.6 Å². The lowest BCUT2D eigenvalue weighted by atomic mass is 9.93. The Morgan fingerprint density at radius 2 is 1.14 bits per heavy atom. The molecule has 0 saturated heterocycles. The van der Waals surface area contributed by atoms with Crippen LogP contribution in [0.25, 0.3) is 0 Å². The zero-order valence-corrected chi connectivity index (χ0v) is 13.2. The Morgan fingerprint density at radius 3 is 1.57 bits per heavy atom. The Kier molecular flexibility index (Phi) is 7.96. The van der Waals surface area contributed by atoms with Gasteiger partial charge in [0.05, 0.1) is 13.2 Å². The quantitative estimate of drug-likeness (QED) is 0.197. The van der Waals surface area contributed by atoms with Crippen LogP contribution in [0.4, 0.5) is 57.1 Å². The third kappa shape index (κ3) is 4.70. The van der Waals surface area contributed by atoms with Crippen molar-refractivity contribution in [1.82, 2.24) is 0 Å². The number of hydrogen-bond donors (Lipinski definition) is 0. The summed E-state index contributed by atoms with van der Waals surface area (Å²) in [6.07, 6.45) is -8.94. The fourth-order valence-electron chi connectivity index (χ4n) is 1.55. The molecule has 0 radical (unpaired) electrons. The van der Waals surface area contributed by atoms with Gasteiger partial charge in [-0.2, -0.15) is 57.1 Å². The lowest BCUT2D eigenvalue weighted by molar-refractivity contribution is -0.440. The van der Waals surface area contributed by atoms with E-state index in [0.717, 1.165) is 6.08 Å². The smallest absolute Gasteiger partial charge is 0.381 e. The Balaban J connectivity index is 5.42. The molecule has 0 atom stereocenters. The maximum atomic E-state index is 13.3. The molecule has 0 N–H and O–H groups in total. The van der Waals surface area contributed by atoms with Crippen molar-refractivity contribution in [3.05, 3.63) is 0 Å². The maximum Gasteiger partial charge on any atom is 0.460 e. The molecule has 3 nitrogen and oxygen atoms in total. The third-order valence-electron chi connectivity index (χ3n) is 3.18. The Labute approximate surface area is 147 Å². The van der Waals surface area contributed by atoms with Crippen LogP contribution < -0.4 is 0 Å². The van der Waals surface area contributed by atoms with Gasteiger partial charge in [-0.1, -0.05) is 0 Å². The number of carbonyl (C=O) groups excluding carboxylic acids is 1. The molecule has 0 bridgehead atoms. The molecule has 0 aliphatic heterocycles. The molecule has 0 unspecified atom stereocenters. The summed E-state index contributed by atoms with van der Waals surface area (Å²) in [5, 5.41) is 0. The maximum absolute atomic E-state index is 13.3. The standard InChI is InChI=1S/C12H10F13NO2/c13-7(14,2-5-28-4-1-3-26-6-27)8(15,16)9(17,18)10(19,20)11(21,22)12(23,24)25/h1-5H2. The van der Waals surface area contributed by atoms with Crippen LogP contribution in [0.5, 0.6) is 0 Å². The molecule has 0 aliphatic carbocycles. The number of ether oxygens (including phenoxy) is 1. The van der Waals surface area contributed by atoms with Gasteiger partial charge in [-0.25, -0.2) is 9.79 Å². The van der Waals surface area contributed by atoms with E-state index < -0.39 is 55.4 Å². The van der Waals surface area contributed by atoms with Crippen molar-refractivity contribution in [3.63, 3.8) is 0 Å². The monoisotopic (exact) mass is 447 g/mol. The molecule has 0 amide bonds. The normalized spacial score (nSPS) is 14.8. The molecular weight excluding hydrogens is 437 g/mol. The van der Waals surface area contributed by atoms with E-state index in [-0.39, 0.29) is 13.0 Å². The number of aliphatic imine (C=N–C) groups is 1. The largest absolute Gasteiger partial charge is 0.460 e. The molecule has 0 saturated carbocycles. The Hall–Kier alpha value is -1.57. The summed E-state index contributed by atoms with van der Waals surface area (Å²) in [7, 11) is 0. The average molecular weight is 447 g/mol. The molecule has 0 fully saturated rings. The van der Waals surface area contributed by atoms with Crippen LogP contribution in [-0.2, 0) is 9.53 Å². The van der Waals surface area contributed by atoms with Crippen molar-refractivity contribution in [2.24, 2.45) is 4.99 Å². The Morgan fingerprint density at radius 1 is 0.679 bits per heavy atom. The first-order valence-electron chi connectivity index (χ1n) is 6.88. The van der Waals surface area contributed by atoms with Crippen molar-refractivity contribution in [3.8, 4) is 0 Å². The van der Waals surface area contributed by atoms with Gasteiger partial charge in [0.15, 0.2) is 0 Å². The molecule has 16 heteroatoms. The van der Waals surface area contributed by atoms with Gasteiger partial charge < -0.3 is 4.74 Å². The second-order valence-corrected chi connectivity index (χ2v) is 5.19. The molecule has 166 valence electrons. The van der Waals surface area contributed by atoms with Gasteiger partial charge in [-0.15, -0.1) is 0 Å². The summed E-state index contributed by atoms with van der Waals surface area (Å²) in [6.45, 7) is -2.26. The van der Waals surface area contributed by atoms with Crippen molar-refractivity contribution in [2.45, 2.75) is 48.6 Å². The molecule has 0 spiro atoms. The van der Waals surface area contributed by atoms with E-state index in [2.05, 4.69) is 9.73 Å². The number of rotatable bonds is 11. The fourth-order valence-corrected chi connectivity index (χ4v) is 1.55.